The highest BCUT2D eigenvalue weighted by Gasteiger charge is 2.14. The summed E-state index contributed by atoms with van der Waals surface area (Å²) in [6.45, 7) is 3.89. The van der Waals surface area contributed by atoms with Crippen molar-refractivity contribution in [1.29, 1.82) is 0 Å². The lowest BCUT2D eigenvalue weighted by Gasteiger charge is -2.10. The van der Waals surface area contributed by atoms with Crippen LogP contribution in [-0.2, 0) is 0 Å². The molecule has 0 bridgehead atoms. The summed E-state index contributed by atoms with van der Waals surface area (Å²) in [6.07, 6.45) is 0. The number of hydrogen-bond donors (Lipinski definition) is 1. The van der Waals surface area contributed by atoms with Crippen molar-refractivity contribution in [2.45, 2.75) is 13.8 Å². The Morgan fingerprint density at radius 2 is 1.68 bits per heavy atom. The van der Waals surface area contributed by atoms with Gasteiger partial charge in [-0.25, -0.2) is 10.4 Å². The minimum Gasteiger partial charge on any atom is -0.497 e. The van der Waals surface area contributed by atoms with Gasteiger partial charge in [-0.3, -0.25) is 4.79 Å². The van der Waals surface area contributed by atoms with Gasteiger partial charge < -0.3 is 4.74 Å². The normalized spacial score (nSPS) is 11.4. The Bertz CT molecular complexity index is 1260. The number of rotatable bonds is 5. The Kier molecular flexibility index (Phi) is 5.76. The molecule has 0 aliphatic rings. The molecule has 0 atom stereocenters. The van der Waals surface area contributed by atoms with E-state index in [4.69, 9.17) is 9.72 Å². The van der Waals surface area contributed by atoms with Crippen LogP contribution in [0.4, 0.5) is 0 Å². The SMILES string of the molecule is COc1ccc(C(C)=NNC(=O)c2cc(-c3ccc(C)cc3)nc3ccccc23)cc1. The zero-order valence-electron chi connectivity index (χ0n) is 17.7. The van der Waals surface area contributed by atoms with Crippen LogP contribution < -0.4 is 10.2 Å². The molecular formula is C26H23N3O2. The molecule has 0 aliphatic carbocycles. The molecule has 5 nitrogen and oxygen atoms in total. The van der Waals surface area contributed by atoms with Crippen molar-refractivity contribution in [2.75, 3.05) is 7.11 Å². The van der Waals surface area contributed by atoms with Crippen molar-refractivity contribution in [2.24, 2.45) is 5.10 Å². The van der Waals surface area contributed by atoms with E-state index >= 15 is 0 Å². The summed E-state index contributed by atoms with van der Waals surface area (Å²) in [5, 5.41) is 5.09. The third kappa shape index (κ3) is 4.46. The second-order valence-electron chi connectivity index (χ2n) is 7.30. The first kappa shape index (κ1) is 20.3. The fourth-order valence-corrected chi connectivity index (χ4v) is 3.33. The van der Waals surface area contributed by atoms with Crippen molar-refractivity contribution in [3.8, 4) is 17.0 Å². The maximum atomic E-state index is 13.1. The Morgan fingerprint density at radius 3 is 2.39 bits per heavy atom. The summed E-state index contributed by atoms with van der Waals surface area (Å²) < 4.78 is 5.18. The number of hydrazone groups is 1. The number of aryl methyl sites for hydroxylation is 1. The van der Waals surface area contributed by atoms with Crippen LogP contribution in [-0.4, -0.2) is 23.7 Å². The second-order valence-corrected chi connectivity index (χ2v) is 7.30. The molecule has 4 aromatic rings. The molecule has 1 aromatic heterocycles. The summed E-state index contributed by atoms with van der Waals surface area (Å²) in [6, 6.07) is 25.1. The number of para-hydroxylation sites is 1. The Morgan fingerprint density at radius 1 is 0.968 bits per heavy atom. The zero-order valence-corrected chi connectivity index (χ0v) is 17.7. The molecule has 0 spiro atoms. The third-order valence-corrected chi connectivity index (χ3v) is 5.14. The zero-order chi connectivity index (χ0) is 21.8. The lowest BCUT2D eigenvalue weighted by molar-refractivity contribution is 0.0956. The molecule has 1 heterocycles. The predicted octanol–water partition coefficient (Wildman–Crippen LogP) is 5.37. The highest BCUT2D eigenvalue weighted by atomic mass is 16.5. The highest BCUT2D eigenvalue weighted by Crippen LogP contribution is 2.25. The van der Waals surface area contributed by atoms with E-state index < -0.39 is 0 Å². The average molecular weight is 409 g/mol. The molecule has 0 fully saturated rings. The smallest absolute Gasteiger partial charge is 0.272 e. The lowest BCUT2D eigenvalue weighted by atomic mass is 10.0. The largest absolute Gasteiger partial charge is 0.497 e. The quantitative estimate of drug-likeness (QED) is 0.356. The number of nitrogens with zero attached hydrogens (tertiary/aromatic N) is 2. The van der Waals surface area contributed by atoms with E-state index in [1.165, 1.54) is 5.56 Å². The van der Waals surface area contributed by atoms with Crippen molar-refractivity contribution < 1.29 is 9.53 Å². The summed E-state index contributed by atoms with van der Waals surface area (Å²) >= 11 is 0. The van der Waals surface area contributed by atoms with Crippen LogP contribution in [0, 0.1) is 6.92 Å². The fraction of sp³-hybridized carbons (Fsp3) is 0.115. The average Bonchev–Trinajstić information content (AvgIpc) is 2.82. The standard InChI is InChI=1S/C26H23N3O2/c1-17-8-10-20(11-9-17)25-16-23(22-6-4-5-7-24(22)27-25)26(30)29-28-18(2)19-12-14-21(31-3)15-13-19/h4-16H,1-3H3,(H,29,30). The number of hydrogen-bond acceptors (Lipinski definition) is 4. The molecule has 1 N–H and O–H groups in total. The lowest BCUT2D eigenvalue weighted by Crippen LogP contribution is -2.20. The van der Waals surface area contributed by atoms with Gasteiger partial charge in [0.2, 0.25) is 0 Å². The maximum absolute atomic E-state index is 13.1. The van der Waals surface area contributed by atoms with Gasteiger partial charge in [0.25, 0.3) is 5.91 Å². The van der Waals surface area contributed by atoms with Crippen molar-refractivity contribution >= 4 is 22.5 Å². The van der Waals surface area contributed by atoms with E-state index in [0.717, 1.165) is 33.5 Å². The second kappa shape index (κ2) is 8.79. The van der Waals surface area contributed by atoms with Crippen LogP contribution in [0.25, 0.3) is 22.2 Å². The molecule has 5 heteroatoms. The first-order chi connectivity index (χ1) is 15.0. The number of fused-ring (bicyclic) bond motifs is 1. The minimum absolute atomic E-state index is 0.278. The van der Waals surface area contributed by atoms with Crippen LogP contribution in [0.2, 0.25) is 0 Å². The van der Waals surface area contributed by atoms with Crippen molar-refractivity contribution in [3.63, 3.8) is 0 Å². The van der Waals surface area contributed by atoms with E-state index in [0.29, 0.717) is 11.3 Å². The first-order valence-corrected chi connectivity index (χ1v) is 10.0. The van der Waals surface area contributed by atoms with Crippen LogP contribution in [0.15, 0.2) is 84.0 Å². The number of amides is 1. The monoisotopic (exact) mass is 409 g/mol. The third-order valence-electron chi connectivity index (χ3n) is 5.14. The minimum atomic E-state index is -0.278. The van der Waals surface area contributed by atoms with Crippen LogP contribution in [0.3, 0.4) is 0 Å². The molecule has 0 aliphatic heterocycles. The predicted molar refractivity (Wildman–Crippen MR) is 125 cm³/mol. The number of carbonyl (C=O) groups is 1. The molecule has 154 valence electrons. The molecule has 3 aromatic carbocycles. The number of pyridine rings is 1. The number of nitrogens with one attached hydrogen (secondary N) is 1. The number of benzene rings is 3. The topological polar surface area (TPSA) is 63.6 Å². The molecule has 0 saturated carbocycles. The molecule has 4 rings (SSSR count). The van der Waals surface area contributed by atoms with Gasteiger partial charge in [-0.1, -0.05) is 48.0 Å². The van der Waals surface area contributed by atoms with E-state index in [2.05, 4.69) is 10.5 Å². The van der Waals surface area contributed by atoms with Gasteiger partial charge in [0.15, 0.2) is 0 Å². The van der Waals surface area contributed by atoms with Gasteiger partial charge in [0.05, 0.1) is 29.6 Å². The summed E-state index contributed by atoms with van der Waals surface area (Å²) in [5.74, 6) is 0.493. The van der Waals surface area contributed by atoms with E-state index in [9.17, 15) is 4.79 Å². The van der Waals surface area contributed by atoms with Gasteiger partial charge in [0, 0.05) is 10.9 Å². The fourth-order valence-electron chi connectivity index (χ4n) is 3.33. The van der Waals surface area contributed by atoms with Crippen LogP contribution in [0.5, 0.6) is 5.75 Å². The molecule has 0 saturated heterocycles. The number of ether oxygens (including phenoxy) is 1. The van der Waals surface area contributed by atoms with Crippen molar-refractivity contribution in [3.05, 3.63) is 95.6 Å². The molecule has 1 amide bonds. The maximum Gasteiger partial charge on any atom is 0.272 e. The van der Waals surface area contributed by atoms with Crippen molar-refractivity contribution in [1.82, 2.24) is 10.4 Å². The molecule has 31 heavy (non-hydrogen) atoms. The first-order valence-electron chi connectivity index (χ1n) is 10.0. The molecular weight excluding hydrogens is 386 g/mol. The highest BCUT2D eigenvalue weighted by molar-refractivity contribution is 6.08. The van der Waals surface area contributed by atoms with Gasteiger partial charge in [-0.15, -0.1) is 0 Å². The van der Waals surface area contributed by atoms with E-state index in [-0.39, 0.29) is 5.91 Å². The Balaban J connectivity index is 1.67. The summed E-state index contributed by atoms with van der Waals surface area (Å²) in [7, 11) is 1.63. The summed E-state index contributed by atoms with van der Waals surface area (Å²) in [5.41, 5.74) is 8.48. The van der Waals surface area contributed by atoms with Crippen LogP contribution >= 0.6 is 0 Å². The van der Waals surface area contributed by atoms with Gasteiger partial charge >= 0.3 is 0 Å². The number of methoxy groups -OCH3 is 1. The van der Waals surface area contributed by atoms with Gasteiger partial charge in [-0.05, 0) is 55.8 Å². The van der Waals surface area contributed by atoms with E-state index in [1.807, 2.05) is 92.7 Å². The number of carbonyl (C=O) groups excluding carboxylic acids is 1. The van der Waals surface area contributed by atoms with Gasteiger partial charge in [-0.2, -0.15) is 5.10 Å². The summed E-state index contributed by atoms with van der Waals surface area (Å²) in [4.78, 5) is 17.8. The Labute approximate surface area is 181 Å². The number of aromatic nitrogens is 1. The Hall–Kier alpha value is -3.99. The molecule has 0 unspecified atom stereocenters. The molecule has 0 radical (unpaired) electrons. The van der Waals surface area contributed by atoms with Gasteiger partial charge in [0.1, 0.15) is 5.75 Å². The van der Waals surface area contributed by atoms with Crippen LogP contribution in [0.1, 0.15) is 28.4 Å². The van der Waals surface area contributed by atoms with E-state index in [1.54, 1.807) is 7.11 Å².